The van der Waals surface area contributed by atoms with E-state index in [1.165, 1.54) is 17.4 Å². The number of aliphatic carboxylic acids is 1. The molecule has 1 aromatic carbocycles. The lowest BCUT2D eigenvalue weighted by Crippen LogP contribution is -2.10. The van der Waals surface area contributed by atoms with Crippen LogP contribution < -0.4 is 5.32 Å². The zero-order valence-electron chi connectivity index (χ0n) is 9.87. The molecule has 0 radical (unpaired) electrons. The summed E-state index contributed by atoms with van der Waals surface area (Å²) in [5, 5.41) is 13.0. The van der Waals surface area contributed by atoms with Crippen LogP contribution in [-0.2, 0) is 4.79 Å². The number of para-hydroxylation sites is 1. The van der Waals surface area contributed by atoms with Crippen molar-refractivity contribution in [3.05, 3.63) is 58.3 Å². The van der Waals surface area contributed by atoms with E-state index in [9.17, 15) is 9.59 Å². The Bertz CT molecular complexity index is 617. The lowest BCUT2D eigenvalue weighted by molar-refractivity contribution is -0.131. The average molecular weight is 273 g/mol. The minimum atomic E-state index is -1.01. The molecule has 0 saturated carbocycles. The third-order valence-corrected chi connectivity index (χ3v) is 3.20. The van der Waals surface area contributed by atoms with Crippen LogP contribution in [0, 0.1) is 0 Å². The van der Waals surface area contributed by atoms with Gasteiger partial charge in [-0.25, -0.2) is 4.79 Å². The molecule has 0 aliphatic heterocycles. The Balaban J connectivity index is 2.06. The van der Waals surface area contributed by atoms with E-state index in [-0.39, 0.29) is 5.91 Å². The maximum atomic E-state index is 11.9. The first-order valence-electron chi connectivity index (χ1n) is 5.51. The van der Waals surface area contributed by atoms with Crippen LogP contribution in [0.4, 0.5) is 5.69 Å². The minimum Gasteiger partial charge on any atom is -0.478 e. The summed E-state index contributed by atoms with van der Waals surface area (Å²) in [6.07, 6.45) is 2.51. The van der Waals surface area contributed by atoms with Crippen LogP contribution in [0.5, 0.6) is 0 Å². The molecular formula is C14H11NO3S. The summed E-state index contributed by atoms with van der Waals surface area (Å²) in [7, 11) is 0. The molecule has 4 nitrogen and oxygen atoms in total. The zero-order valence-corrected chi connectivity index (χ0v) is 10.7. The Morgan fingerprint density at radius 2 is 1.95 bits per heavy atom. The molecule has 96 valence electrons. The molecule has 1 aromatic heterocycles. The van der Waals surface area contributed by atoms with Crippen molar-refractivity contribution < 1.29 is 14.7 Å². The number of hydrogen-bond donors (Lipinski definition) is 2. The predicted octanol–water partition coefficient (Wildman–Crippen LogP) is 3.10. The molecule has 1 heterocycles. The van der Waals surface area contributed by atoms with Crippen LogP contribution in [0.1, 0.15) is 15.2 Å². The SMILES string of the molecule is O=C(O)C=Cc1cc(C(=O)Nc2ccccc2)cs1. The highest BCUT2D eigenvalue weighted by Gasteiger charge is 2.07. The molecule has 0 spiro atoms. The van der Waals surface area contributed by atoms with Gasteiger partial charge in [-0.3, -0.25) is 4.79 Å². The summed E-state index contributed by atoms with van der Waals surface area (Å²) in [6, 6.07) is 10.8. The quantitative estimate of drug-likeness (QED) is 0.841. The number of carboxylic acid groups (broad SMARTS) is 1. The van der Waals surface area contributed by atoms with Crippen LogP contribution in [0.2, 0.25) is 0 Å². The van der Waals surface area contributed by atoms with Crippen LogP contribution in [0.25, 0.3) is 6.08 Å². The molecule has 0 fully saturated rings. The van der Waals surface area contributed by atoms with E-state index in [1.54, 1.807) is 23.6 Å². The highest BCUT2D eigenvalue weighted by atomic mass is 32.1. The Morgan fingerprint density at radius 3 is 2.63 bits per heavy atom. The second kappa shape index (κ2) is 5.97. The number of amides is 1. The number of carbonyl (C=O) groups is 2. The third kappa shape index (κ3) is 3.79. The molecule has 0 atom stereocenters. The van der Waals surface area contributed by atoms with Crippen molar-refractivity contribution in [3.8, 4) is 0 Å². The number of anilines is 1. The van der Waals surface area contributed by atoms with Gasteiger partial charge in [-0.05, 0) is 24.3 Å². The first-order valence-corrected chi connectivity index (χ1v) is 6.39. The molecule has 2 N–H and O–H groups in total. The van der Waals surface area contributed by atoms with Gasteiger partial charge in [-0.1, -0.05) is 18.2 Å². The number of rotatable bonds is 4. The second-order valence-corrected chi connectivity index (χ2v) is 4.67. The highest BCUT2D eigenvalue weighted by Crippen LogP contribution is 2.17. The van der Waals surface area contributed by atoms with Crippen LogP contribution in [-0.4, -0.2) is 17.0 Å². The van der Waals surface area contributed by atoms with Gasteiger partial charge in [-0.2, -0.15) is 0 Å². The van der Waals surface area contributed by atoms with E-state index >= 15 is 0 Å². The maximum absolute atomic E-state index is 11.9. The Morgan fingerprint density at radius 1 is 1.21 bits per heavy atom. The van der Waals surface area contributed by atoms with Crippen LogP contribution >= 0.6 is 11.3 Å². The number of benzene rings is 1. The first kappa shape index (κ1) is 13.0. The van der Waals surface area contributed by atoms with Crippen molar-refractivity contribution in [3.63, 3.8) is 0 Å². The summed E-state index contributed by atoms with van der Waals surface area (Å²) >= 11 is 1.32. The Labute approximate surface area is 114 Å². The molecule has 0 saturated heterocycles. The number of hydrogen-bond acceptors (Lipinski definition) is 3. The highest BCUT2D eigenvalue weighted by molar-refractivity contribution is 7.11. The molecule has 0 bridgehead atoms. The summed E-state index contributed by atoms with van der Waals surface area (Å²) in [6.45, 7) is 0. The average Bonchev–Trinajstić information content (AvgIpc) is 2.86. The zero-order chi connectivity index (χ0) is 13.7. The summed E-state index contributed by atoms with van der Waals surface area (Å²) in [5.74, 6) is -1.22. The molecule has 2 aromatic rings. The van der Waals surface area contributed by atoms with Crippen molar-refractivity contribution in [1.29, 1.82) is 0 Å². The normalized spacial score (nSPS) is 10.5. The van der Waals surface area contributed by atoms with E-state index in [1.807, 2.05) is 18.2 Å². The molecule has 0 unspecified atom stereocenters. The smallest absolute Gasteiger partial charge is 0.328 e. The van der Waals surface area contributed by atoms with Crippen molar-refractivity contribution in [1.82, 2.24) is 0 Å². The van der Waals surface area contributed by atoms with E-state index in [0.717, 1.165) is 16.6 Å². The predicted molar refractivity (Wildman–Crippen MR) is 75.4 cm³/mol. The fourth-order valence-corrected chi connectivity index (χ4v) is 2.22. The number of carbonyl (C=O) groups excluding carboxylic acids is 1. The van der Waals surface area contributed by atoms with Gasteiger partial charge >= 0.3 is 5.97 Å². The van der Waals surface area contributed by atoms with Crippen molar-refractivity contribution in [2.24, 2.45) is 0 Å². The van der Waals surface area contributed by atoms with Gasteiger partial charge < -0.3 is 10.4 Å². The third-order valence-electron chi connectivity index (χ3n) is 2.30. The van der Waals surface area contributed by atoms with Gasteiger partial charge in [0.15, 0.2) is 0 Å². The molecule has 19 heavy (non-hydrogen) atoms. The molecule has 0 aliphatic carbocycles. The molecule has 2 rings (SSSR count). The van der Waals surface area contributed by atoms with E-state index in [2.05, 4.69) is 5.32 Å². The summed E-state index contributed by atoms with van der Waals surface area (Å²) in [5.41, 5.74) is 1.24. The van der Waals surface area contributed by atoms with Crippen molar-refractivity contribution in [2.75, 3.05) is 5.32 Å². The first-order chi connectivity index (χ1) is 9.15. The molecule has 1 amide bonds. The van der Waals surface area contributed by atoms with Gasteiger partial charge in [0, 0.05) is 22.0 Å². The number of carboxylic acids is 1. The van der Waals surface area contributed by atoms with Gasteiger partial charge in [0.1, 0.15) is 0 Å². The molecular weight excluding hydrogens is 262 g/mol. The van der Waals surface area contributed by atoms with Gasteiger partial charge in [0.25, 0.3) is 5.91 Å². The van der Waals surface area contributed by atoms with Gasteiger partial charge in [0.05, 0.1) is 5.56 Å². The monoisotopic (exact) mass is 273 g/mol. The fourth-order valence-electron chi connectivity index (χ4n) is 1.44. The molecule has 5 heteroatoms. The topological polar surface area (TPSA) is 66.4 Å². The van der Waals surface area contributed by atoms with Gasteiger partial charge in [-0.15, -0.1) is 11.3 Å². The fraction of sp³-hybridized carbons (Fsp3) is 0. The van der Waals surface area contributed by atoms with Gasteiger partial charge in [0.2, 0.25) is 0 Å². The van der Waals surface area contributed by atoms with Crippen molar-refractivity contribution >= 4 is 35.0 Å². The molecule has 0 aliphatic rings. The van der Waals surface area contributed by atoms with E-state index in [0.29, 0.717) is 5.56 Å². The number of thiophene rings is 1. The Kier molecular flexibility index (Phi) is 4.10. The largest absolute Gasteiger partial charge is 0.478 e. The van der Waals surface area contributed by atoms with E-state index < -0.39 is 5.97 Å². The van der Waals surface area contributed by atoms with Crippen LogP contribution in [0.3, 0.4) is 0 Å². The van der Waals surface area contributed by atoms with Crippen LogP contribution in [0.15, 0.2) is 47.9 Å². The van der Waals surface area contributed by atoms with Crippen molar-refractivity contribution in [2.45, 2.75) is 0 Å². The second-order valence-electron chi connectivity index (χ2n) is 3.73. The summed E-state index contributed by atoms with van der Waals surface area (Å²) < 4.78 is 0. The maximum Gasteiger partial charge on any atom is 0.328 e. The van der Waals surface area contributed by atoms with E-state index in [4.69, 9.17) is 5.11 Å². The summed E-state index contributed by atoms with van der Waals surface area (Å²) in [4.78, 5) is 23.0. The standard InChI is InChI=1S/C14H11NO3S/c16-13(17)7-6-12-8-10(9-19-12)14(18)15-11-4-2-1-3-5-11/h1-9H,(H,15,18)(H,16,17). The lowest BCUT2D eigenvalue weighted by atomic mass is 10.2. The minimum absolute atomic E-state index is 0.211. The Hall–Kier alpha value is -2.40. The lowest BCUT2D eigenvalue weighted by Gasteiger charge is -2.02. The number of nitrogens with one attached hydrogen (secondary N) is 1.